The van der Waals surface area contributed by atoms with E-state index in [0.717, 1.165) is 12.8 Å². The number of hydrogen-bond donors (Lipinski definition) is 0. The van der Waals surface area contributed by atoms with Crippen LogP contribution in [0.3, 0.4) is 0 Å². The van der Waals surface area contributed by atoms with Crippen molar-refractivity contribution < 1.29 is 18.7 Å². The third kappa shape index (κ3) is 4.63. The standard InChI is InChI=1S/C17H30O4Si/c1-8-15(21-22(6,7)17(2,3)4)20-14-12-10-9-11-13(14)16(18)19-5/h8,10,12-14H,9,11H2,1-7H3/b15-8+/t13-,14+/m0/s1. The predicted octanol–water partition coefficient (Wildman–Crippen LogP) is 4.39. The highest BCUT2D eigenvalue weighted by molar-refractivity contribution is 6.74. The molecule has 0 bridgehead atoms. The zero-order valence-corrected chi connectivity index (χ0v) is 15.9. The van der Waals surface area contributed by atoms with Crippen LogP contribution in [0.25, 0.3) is 0 Å². The second-order valence-electron chi connectivity index (χ2n) is 7.19. The van der Waals surface area contributed by atoms with Gasteiger partial charge in [0, 0.05) is 0 Å². The van der Waals surface area contributed by atoms with Crippen LogP contribution >= 0.6 is 0 Å². The van der Waals surface area contributed by atoms with Crippen LogP contribution in [0.15, 0.2) is 24.2 Å². The maximum Gasteiger partial charge on any atom is 0.312 e. The van der Waals surface area contributed by atoms with Gasteiger partial charge in [-0.3, -0.25) is 4.79 Å². The number of esters is 1. The first-order chi connectivity index (χ1) is 10.1. The van der Waals surface area contributed by atoms with Crippen LogP contribution in [0.5, 0.6) is 0 Å². The minimum Gasteiger partial charge on any atom is -0.519 e. The van der Waals surface area contributed by atoms with Gasteiger partial charge in [0.15, 0.2) is 0 Å². The van der Waals surface area contributed by atoms with Crippen LogP contribution in [0.4, 0.5) is 0 Å². The van der Waals surface area contributed by atoms with E-state index in [1.807, 2.05) is 25.2 Å². The van der Waals surface area contributed by atoms with Crippen LogP contribution in [0.2, 0.25) is 18.1 Å². The maximum absolute atomic E-state index is 11.9. The van der Waals surface area contributed by atoms with Crippen molar-refractivity contribution in [3.05, 3.63) is 24.2 Å². The Morgan fingerprint density at radius 3 is 2.45 bits per heavy atom. The lowest BCUT2D eigenvalue weighted by molar-refractivity contribution is -0.150. The number of allylic oxidation sites excluding steroid dienone is 2. The molecule has 1 rings (SSSR count). The molecule has 0 saturated carbocycles. The van der Waals surface area contributed by atoms with Gasteiger partial charge in [-0.2, -0.15) is 0 Å². The molecule has 0 aromatic rings. The third-order valence-electron chi connectivity index (χ3n) is 4.52. The van der Waals surface area contributed by atoms with Crippen molar-refractivity contribution in [1.82, 2.24) is 0 Å². The Balaban J connectivity index is 2.83. The monoisotopic (exact) mass is 326 g/mol. The van der Waals surface area contributed by atoms with Crippen LogP contribution in [0.1, 0.15) is 40.5 Å². The predicted molar refractivity (Wildman–Crippen MR) is 90.8 cm³/mol. The Labute approximate surface area is 135 Å². The molecule has 4 nitrogen and oxygen atoms in total. The molecule has 5 heteroatoms. The average Bonchev–Trinajstić information content (AvgIpc) is 2.44. The Morgan fingerprint density at radius 1 is 1.32 bits per heavy atom. The minimum absolute atomic E-state index is 0.0920. The van der Waals surface area contributed by atoms with E-state index < -0.39 is 8.32 Å². The molecule has 22 heavy (non-hydrogen) atoms. The lowest BCUT2D eigenvalue weighted by Crippen LogP contribution is -2.41. The molecule has 0 N–H and O–H groups in total. The van der Waals surface area contributed by atoms with Gasteiger partial charge in [0.1, 0.15) is 6.10 Å². The van der Waals surface area contributed by atoms with Crippen molar-refractivity contribution >= 4 is 14.3 Å². The quantitative estimate of drug-likeness (QED) is 0.325. The van der Waals surface area contributed by atoms with Crippen molar-refractivity contribution in [2.45, 2.75) is 64.8 Å². The largest absolute Gasteiger partial charge is 0.519 e. The normalized spacial score (nSPS) is 23.1. The number of carbonyl (C=O) groups is 1. The second-order valence-corrected chi connectivity index (χ2v) is 11.9. The highest BCUT2D eigenvalue weighted by Gasteiger charge is 2.40. The summed E-state index contributed by atoms with van der Waals surface area (Å²) in [6.45, 7) is 12.8. The maximum atomic E-state index is 11.9. The summed E-state index contributed by atoms with van der Waals surface area (Å²) in [5.74, 6) is 0.0159. The van der Waals surface area contributed by atoms with Crippen molar-refractivity contribution in [3.8, 4) is 0 Å². The van der Waals surface area contributed by atoms with E-state index >= 15 is 0 Å². The summed E-state index contributed by atoms with van der Waals surface area (Å²) in [5, 5.41) is 0.0920. The SMILES string of the molecule is C/C=C(\O[C@@H]1C=CCC[C@@H]1C(=O)OC)O[Si](C)(C)C(C)(C)C. The van der Waals surface area contributed by atoms with E-state index in [0.29, 0.717) is 5.95 Å². The summed E-state index contributed by atoms with van der Waals surface area (Å²) in [7, 11) is -0.547. The number of rotatable bonds is 5. The molecule has 1 aliphatic rings. The number of ether oxygens (including phenoxy) is 2. The first-order valence-electron chi connectivity index (χ1n) is 7.89. The van der Waals surface area contributed by atoms with Gasteiger partial charge in [0.2, 0.25) is 0 Å². The molecule has 2 atom stereocenters. The number of hydrogen-bond acceptors (Lipinski definition) is 4. The van der Waals surface area contributed by atoms with E-state index in [2.05, 4.69) is 33.9 Å². The van der Waals surface area contributed by atoms with Crippen LogP contribution in [0, 0.1) is 5.92 Å². The zero-order chi connectivity index (χ0) is 17.0. The Kier molecular flexibility index (Phi) is 6.29. The van der Waals surface area contributed by atoms with Gasteiger partial charge < -0.3 is 13.9 Å². The highest BCUT2D eigenvalue weighted by atomic mass is 28.4. The zero-order valence-electron chi connectivity index (χ0n) is 14.9. The van der Waals surface area contributed by atoms with Gasteiger partial charge >= 0.3 is 5.97 Å². The summed E-state index contributed by atoms with van der Waals surface area (Å²) in [4.78, 5) is 11.9. The van der Waals surface area contributed by atoms with Crippen molar-refractivity contribution in [1.29, 1.82) is 0 Å². The van der Waals surface area contributed by atoms with Crippen molar-refractivity contribution in [2.24, 2.45) is 5.92 Å². The third-order valence-corrected chi connectivity index (χ3v) is 8.84. The Bertz CT molecular complexity index is 446. The molecule has 0 unspecified atom stereocenters. The van der Waals surface area contributed by atoms with Gasteiger partial charge in [-0.15, -0.1) is 0 Å². The minimum atomic E-state index is -1.96. The smallest absolute Gasteiger partial charge is 0.312 e. The van der Waals surface area contributed by atoms with Crippen LogP contribution in [-0.4, -0.2) is 27.5 Å². The lowest BCUT2D eigenvalue weighted by atomic mass is 9.91. The molecule has 1 aliphatic carbocycles. The molecule has 126 valence electrons. The van der Waals surface area contributed by atoms with Crippen LogP contribution in [-0.2, 0) is 18.7 Å². The molecule has 0 spiro atoms. The summed E-state index contributed by atoms with van der Waals surface area (Å²) in [6, 6.07) is 0. The van der Waals surface area contributed by atoms with Crippen molar-refractivity contribution in [3.63, 3.8) is 0 Å². The first-order valence-corrected chi connectivity index (χ1v) is 10.8. The first kappa shape index (κ1) is 18.8. The highest BCUT2D eigenvalue weighted by Crippen LogP contribution is 2.38. The Hall–Kier alpha value is -1.23. The molecular formula is C17H30O4Si. The summed E-state index contributed by atoms with van der Waals surface area (Å²) >= 11 is 0. The fourth-order valence-corrected chi connectivity index (χ4v) is 2.99. The summed E-state index contributed by atoms with van der Waals surface area (Å²) in [6.07, 6.45) is 7.10. The van der Waals surface area contributed by atoms with Gasteiger partial charge in [-0.25, -0.2) is 0 Å². The summed E-state index contributed by atoms with van der Waals surface area (Å²) < 4.78 is 17.1. The summed E-state index contributed by atoms with van der Waals surface area (Å²) in [5.41, 5.74) is 0. The molecule has 0 amide bonds. The van der Waals surface area contributed by atoms with E-state index in [1.165, 1.54) is 7.11 Å². The molecule has 0 aliphatic heterocycles. The van der Waals surface area contributed by atoms with Gasteiger partial charge in [0.25, 0.3) is 14.3 Å². The van der Waals surface area contributed by atoms with Crippen molar-refractivity contribution in [2.75, 3.05) is 7.11 Å². The molecule has 0 fully saturated rings. The number of carbonyl (C=O) groups excluding carboxylic acids is 1. The molecule has 0 radical (unpaired) electrons. The van der Waals surface area contributed by atoms with E-state index in [-0.39, 0.29) is 23.0 Å². The fourth-order valence-electron chi connectivity index (χ4n) is 2.02. The fraction of sp³-hybridized carbons (Fsp3) is 0.706. The number of methoxy groups -OCH3 is 1. The molecule has 0 aromatic carbocycles. The molecule has 0 heterocycles. The second kappa shape index (κ2) is 7.35. The van der Waals surface area contributed by atoms with Crippen LogP contribution < -0.4 is 0 Å². The topological polar surface area (TPSA) is 44.8 Å². The van der Waals surface area contributed by atoms with E-state index in [1.54, 1.807) is 0 Å². The van der Waals surface area contributed by atoms with E-state index in [4.69, 9.17) is 13.9 Å². The average molecular weight is 327 g/mol. The van der Waals surface area contributed by atoms with Gasteiger partial charge in [-0.05, 0) is 50.0 Å². The van der Waals surface area contributed by atoms with Gasteiger partial charge in [-0.1, -0.05) is 26.8 Å². The lowest BCUT2D eigenvalue weighted by Gasteiger charge is -2.38. The molecule has 0 aromatic heterocycles. The molecule has 0 saturated heterocycles. The Morgan fingerprint density at radius 2 is 1.95 bits per heavy atom. The van der Waals surface area contributed by atoms with Gasteiger partial charge in [0.05, 0.1) is 13.0 Å². The van der Waals surface area contributed by atoms with E-state index in [9.17, 15) is 4.79 Å². The molecular weight excluding hydrogens is 296 g/mol.